The van der Waals surface area contributed by atoms with Crippen LogP contribution in [-0.2, 0) is 13.7 Å². The van der Waals surface area contributed by atoms with Gasteiger partial charge in [-0.15, -0.1) is 0 Å². The Hall–Kier alpha value is -2.04. The summed E-state index contributed by atoms with van der Waals surface area (Å²) in [6.07, 6.45) is 0. The van der Waals surface area contributed by atoms with Crippen molar-refractivity contribution in [1.29, 1.82) is 0 Å². The standard InChI is InChI=1S/C16H15ClN2O2/c1-10-13(9-20)16(19(2)18-10)21-15-8-7-14(17)11-5-3-4-6-12(11)15/h3-8,20H,9H2,1-2H3. The molecule has 0 saturated heterocycles. The summed E-state index contributed by atoms with van der Waals surface area (Å²) in [5.74, 6) is 1.23. The van der Waals surface area contributed by atoms with Gasteiger partial charge in [-0.25, -0.2) is 4.68 Å². The van der Waals surface area contributed by atoms with E-state index in [1.54, 1.807) is 17.8 Å². The van der Waals surface area contributed by atoms with E-state index in [1.165, 1.54) is 0 Å². The smallest absolute Gasteiger partial charge is 0.223 e. The molecule has 0 unspecified atom stereocenters. The fourth-order valence-corrected chi connectivity index (χ4v) is 2.65. The van der Waals surface area contributed by atoms with Crippen LogP contribution < -0.4 is 4.74 Å². The van der Waals surface area contributed by atoms with Crippen molar-refractivity contribution < 1.29 is 9.84 Å². The summed E-state index contributed by atoms with van der Waals surface area (Å²) in [6, 6.07) is 11.4. The number of aromatic nitrogens is 2. The van der Waals surface area contributed by atoms with Crippen molar-refractivity contribution in [2.75, 3.05) is 0 Å². The molecular formula is C16H15ClN2O2. The second-order valence-electron chi connectivity index (χ2n) is 4.84. The Morgan fingerprint density at radius 1 is 1.19 bits per heavy atom. The topological polar surface area (TPSA) is 47.3 Å². The van der Waals surface area contributed by atoms with Gasteiger partial charge in [0.1, 0.15) is 5.75 Å². The van der Waals surface area contributed by atoms with Crippen LogP contribution in [0.5, 0.6) is 11.6 Å². The van der Waals surface area contributed by atoms with E-state index in [9.17, 15) is 5.11 Å². The number of fused-ring (bicyclic) bond motifs is 1. The van der Waals surface area contributed by atoms with E-state index < -0.39 is 0 Å². The Labute approximate surface area is 127 Å². The lowest BCUT2D eigenvalue weighted by molar-refractivity contribution is 0.274. The molecule has 1 N–H and O–H groups in total. The predicted molar refractivity (Wildman–Crippen MR) is 82.9 cm³/mol. The number of hydrogen-bond donors (Lipinski definition) is 1. The molecule has 1 heterocycles. The molecule has 0 atom stereocenters. The highest BCUT2D eigenvalue weighted by Gasteiger charge is 2.16. The average molecular weight is 303 g/mol. The first-order chi connectivity index (χ1) is 10.1. The van der Waals surface area contributed by atoms with E-state index in [-0.39, 0.29) is 6.61 Å². The zero-order valence-electron chi connectivity index (χ0n) is 11.8. The van der Waals surface area contributed by atoms with E-state index in [2.05, 4.69) is 5.10 Å². The van der Waals surface area contributed by atoms with Crippen molar-refractivity contribution in [3.05, 3.63) is 52.7 Å². The highest BCUT2D eigenvalue weighted by Crippen LogP contribution is 2.35. The van der Waals surface area contributed by atoms with Gasteiger partial charge >= 0.3 is 0 Å². The molecule has 0 amide bonds. The summed E-state index contributed by atoms with van der Waals surface area (Å²) < 4.78 is 7.63. The van der Waals surface area contributed by atoms with Crippen molar-refractivity contribution in [3.8, 4) is 11.6 Å². The van der Waals surface area contributed by atoms with Gasteiger partial charge in [0, 0.05) is 22.8 Å². The zero-order chi connectivity index (χ0) is 15.0. The van der Waals surface area contributed by atoms with Gasteiger partial charge < -0.3 is 9.84 Å². The van der Waals surface area contributed by atoms with Crippen LogP contribution in [0, 0.1) is 6.92 Å². The van der Waals surface area contributed by atoms with Crippen LogP contribution in [0.2, 0.25) is 5.02 Å². The van der Waals surface area contributed by atoms with Crippen LogP contribution >= 0.6 is 11.6 Å². The fourth-order valence-electron chi connectivity index (χ4n) is 2.42. The number of aliphatic hydroxyl groups excluding tert-OH is 1. The van der Waals surface area contributed by atoms with Gasteiger partial charge in [-0.3, -0.25) is 0 Å². The largest absolute Gasteiger partial charge is 0.438 e. The van der Waals surface area contributed by atoms with Crippen molar-refractivity contribution in [1.82, 2.24) is 9.78 Å². The number of halogens is 1. The Bertz CT molecular complexity index is 811. The molecule has 4 nitrogen and oxygen atoms in total. The monoisotopic (exact) mass is 302 g/mol. The van der Waals surface area contributed by atoms with Crippen molar-refractivity contribution >= 4 is 22.4 Å². The maximum atomic E-state index is 9.49. The number of nitrogens with zero attached hydrogens (tertiary/aromatic N) is 2. The maximum Gasteiger partial charge on any atom is 0.223 e. The van der Waals surface area contributed by atoms with E-state index in [1.807, 2.05) is 37.3 Å². The number of rotatable bonds is 3. The SMILES string of the molecule is Cc1nn(C)c(Oc2ccc(Cl)c3ccccc23)c1CO. The van der Waals surface area contributed by atoms with Crippen molar-refractivity contribution in [2.45, 2.75) is 13.5 Å². The van der Waals surface area contributed by atoms with Crippen LogP contribution in [-0.4, -0.2) is 14.9 Å². The molecule has 1 aromatic heterocycles. The molecule has 0 saturated carbocycles. The van der Waals surface area contributed by atoms with Gasteiger partial charge in [0.2, 0.25) is 5.88 Å². The minimum absolute atomic E-state index is 0.111. The van der Waals surface area contributed by atoms with Crippen LogP contribution in [0.3, 0.4) is 0 Å². The Morgan fingerprint density at radius 3 is 2.62 bits per heavy atom. The summed E-state index contributed by atoms with van der Waals surface area (Å²) in [5, 5.41) is 16.3. The number of aliphatic hydroxyl groups is 1. The molecule has 0 bridgehead atoms. The molecule has 108 valence electrons. The summed E-state index contributed by atoms with van der Waals surface area (Å²) >= 11 is 6.21. The molecule has 0 aliphatic carbocycles. The van der Waals surface area contributed by atoms with E-state index in [4.69, 9.17) is 16.3 Å². The average Bonchev–Trinajstić information content (AvgIpc) is 2.76. The summed E-state index contributed by atoms with van der Waals surface area (Å²) in [5.41, 5.74) is 1.45. The first-order valence-electron chi connectivity index (χ1n) is 6.60. The third kappa shape index (κ3) is 2.37. The molecular weight excluding hydrogens is 288 g/mol. The second kappa shape index (κ2) is 5.39. The highest BCUT2D eigenvalue weighted by molar-refractivity contribution is 6.35. The molecule has 5 heteroatoms. The lowest BCUT2D eigenvalue weighted by Crippen LogP contribution is -1.97. The van der Waals surface area contributed by atoms with Gasteiger partial charge in [-0.2, -0.15) is 5.10 Å². The van der Waals surface area contributed by atoms with Crippen molar-refractivity contribution in [3.63, 3.8) is 0 Å². The lowest BCUT2D eigenvalue weighted by Gasteiger charge is -2.11. The Balaban J connectivity index is 2.13. The molecule has 0 aliphatic rings. The Morgan fingerprint density at radius 2 is 1.90 bits per heavy atom. The third-order valence-electron chi connectivity index (χ3n) is 3.48. The van der Waals surface area contributed by atoms with Crippen LogP contribution in [0.15, 0.2) is 36.4 Å². The van der Waals surface area contributed by atoms with Crippen LogP contribution in [0.25, 0.3) is 10.8 Å². The minimum Gasteiger partial charge on any atom is -0.438 e. The van der Waals surface area contributed by atoms with E-state index >= 15 is 0 Å². The summed E-state index contributed by atoms with van der Waals surface area (Å²) in [4.78, 5) is 0. The minimum atomic E-state index is -0.111. The Kier molecular flexibility index (Phi) is 3.57. The molecule has 0 spiro atoms. The fraction of sp³-hybridized carbons (Fsp3) is 0.188. The summed E-state index contributed by atoms with van der Waals surface area (Å²) in [6.45, 7) is 1.74. The van der Waals surface area contributed by atoms with Gasteiger partial charge in [0.15, 0.2) is 0 Å². The van der Waals surface area contributed by atoms with Crippen LogP contribution in [0.1, 0.15) is 11.3 Å². The third-order valence-corrected chi connectivity index (χ3v) is 3.81. The van der Waals surface area contributed by atoms with Gasteiger partial charge in [0.25, 0.3) is 0 Å². The quantitative estimate of drug-likeness (QED) is 0.800. The molecule has 0 aliphatic heterocycles. The predicted octanol–water partition coefficient (Wildman–Crippen LogP) is 3.82. The second-order valence-corrected chi connectivity index (χ2v) is 5.25. The number of hydrogen-bond acceptors (Lipinski definition) is 3. The molecule has 3 rings (SSSR count). The van der Waals surface area contributed by atoms with Gasteiger partial charge in [-0.05, 0) is 19.1 Å². The van der Waals surface area contributed by atoms with Gasteiger partial charge in [0.05, 0.1) is 17.9 Å². The van der Waals surface area contributed by atoms with E-state index in [0.29, 0.717) is 22.2 Å². The molecule has 21 heavy (non-hydrogen) atoms. The van der Waals surface area contributed by atoms with Crippen LogP contribution in [0.4, 0.5) is 0 Å². The maximum absolute atomic E-state index is 9.49. The summed E-state index contributed by atoms with van der Waals surface area (Å²) in [7, 11) is 1.79. The molecule has 2 aromatic carbocycles. The normalized spacial score (nSPS) is 11.0. The highest BCUT2D eigenvalue weighted by atomic mass is 35.5. The van der Waals surface area contributed by atoms with Gasteiger partial charge in [-0.1, -0.05) is 35.9 Å². The lowest BCUT2D eigenvalue weighted by atomic mass is 10.1. The number of aryl methyl sites for hydroxylation is 2. The zero-order valence-corrected chi connectivity index (χ0v) is 12.6. The number of benzene rings is 2. The first-order valence-corrected chi connectivity index (χ1v) is 6.98. The van der Waals surface area contributed by atoms with E-state index in [0.717, 1.165) is 16.5 Å². The molecule has 0 radical (unpaired) electrons. The number of ether oxygens (including phenoxy) is 1. The van der Waals surface area contributed by atoms with Crippen molar-refractivity contribution in [2.24, 2.45) is 7.05 Å². The first kappa shape index (κ1) is 13.9. The molecule has 3 aromatic rings. The molecule has 0 fully saturated rings.